The van der Waals surface area contributed by atoms with Crippen molar-refractivity contribution in [2.75, 3.05) is 18.5 Å². The summed E-state index contributed by atoms with van der Waals surface area (Å²) in [5.74, 6) is 0.748. The molecule has 0 bridgehead atoms. The summed E-state index contributed by atoms with van der Waals surface area (Å²) in [5, 5.41) is 14.6. The molecule has 1 aliphatic heterocycles. The predicted octanol–water partition coefficient (Wildman–Crippen LogP) is 1.58. The summed E-state index contributed by atoms with van der Waals surface area (Å²) in [4.78, 5) is 8.47. The minimum atomic E-state index is -0.827. The average Bonchev–Trinajstić information content (AvgIpc) is 2.77. The van der Waals surface area contributed by atoms with Gasteiger partial charge >= 0.3 is 0 Å². The number of hydrogen-bond donors (Lipinski definition) is 2. The number of nitrogens with one attached hydrogen (secondary N) is 1. The fraction of sp³-hybridized carbons (Fsp3) is 0.429. The van der Waals surface area contributed by atoms with Crippen molar-refractivity contribution in [2.45, 2.75) is 25.0 Å². The van der Waals surface area contributed by atoms with Crippen LogP contribution in [0.25, 0.3) is 10.9 Å². The Labute approximate surface area is 111 Å². The number of aliphatic hydroxyl groups is 1. The molecule has 2 aromatic rings. The molecule has 0 saturated carbocycles. The molecule has 19 heavy (non-hydrogen) atoms. The van der Waals surface area contributed by atoms with Crippen molar-refractivity contribution < 1.29 is 9.84 Å². The third-order valence-electron chi connectivity index (χ3n) is 3.76. The minimum Gasteiger partial charge on any atom is -0.385 e. The van der Waals surface area contributed by atoms with E-state index in [1.807, 2.05) is 31.2 Å². The number of aromatic nitrogens is 2. The van der Waals surface area contributed by atoms with Gasteiger partial charge in [0.2, 0.25) is 0 Å². The van der Waals surface area contributed by atoms with Crippen LogP contribution < -0.4 is 5.32 Å². The van der Waals surface area contributed by atoms with Crippen LogP contribution >= 0.6 is 0 Å². The van der Waals surface area contributed by atoms with Gasteiger partial charge in [0, 0.05) is 25.0 Å². The van der Waals surface area contributed by atoms with Crippen LogP contribution in [0.3, 0.4) is 0 Å². The van der Waals surface area contributed by atoms with E-state index in [4.69, 9.17) is 4.74 Å². The van der Waals surface area contributed by atoms with Crippen LogP contribution in [0.15, 0.2) is 30.6 Å². The van der Waals surface area contributed by atoms with Crippen LogP contribution in [0, 0.1) is 0 Å². The van der Waals surface area contributed by atoms with Gasteiger partial charge in [-0.05, 0) is 19.1 Å². The van der Waals surface area contributed by atoms with E-state index in [-0.39, 0.29) is 6.10 Å². The molecule has 0 radical (unpaired) electrons. The Bertz CT molecular complexity index is 584. The van der Waals surface area contributed by atoms with Gasteiger partial charge in [0.25, 0.3) is 0 Å². The van der Waals surface area contributed by atoms with Gasteiger partial charge in [0.15, 0.2) is 0 Å². The molecule has 1 aliphatic rings. The van der Waals surface area contributed by atoms with Crippen LogP contribution in [0.4, 0.5) is 5.82 Å². The molecule has 0 amide bonds. The van der Waals surface area contributed by atoms with E-state index in [0.717, 1.165) is 16.7 Å². The van der Waals surface area contributed by atoms with Crippen molar-refractivity contribution in [3.63, 3.8) is 0 Å². The number of benzene rings is 1. The lowest BCUT2D eigenvalue weighted by Crippen LogP contribution is -2.43. The van der Waals surface area contributed by atoms with Crippen LogP contribution in [0.2, 0.25) is 0 Å². The number of ether oxygens (including phenoxy) is 1. The van der Waals surface area contributed by atoms with Crippen molar-refractivity contribution in [1.82, 2.24) is 9.97 Å². The highest BCUT2D eigenvalue weighted by Gasteiger charge is 2.39. The molecular formula is C14H17N3O2. The summed E-state index contributed by atoms with van der Waals surface area (Å²) in [7, 11) is 0. The van der Waals surface area contributed by atoms with Gasteiger partial charge in [-0.2, -0.15) is 0 Å². The smallest absolute Gasteiger partial charge is 0.137 e. The van der Waals surface area contributed by atoms with Gasteiger partial charge in [-0.1, -0.05) is 12.1 Å². The van der Waals surface area contributed by atoms with Gasteiger partial charge < -0.3 is 15.2 Å². The quantitative estimate of drug-likeness (QED) is 0.876. The molecule has 5 heteroatoms. The monoisotopic (exact) mass is 259 g/mol. The first-order valence-corrected chi connectivity index (χ1v) is 6.47. The topological polar surface area (TPSA) is 67.3 Å². The molecule has 0 aliphatic carbocycles. The maximum atomic E-state index is 10.5. The summed E-state index contributed by atoms with van der Waals surface area (Å²) < 4.78 is 5.42. The highest BCUT2D eigenvalue weighted by atomic mass is 16.5. The lowest BCUT2D eigenvalue weighted by atomic mass is 9.97. The highest BCUT2D eigenvalue weighted by Crippen LogP contribution is 2.27. The molecule has 2 N–H and O–H groups in total. The third kappa shape index (κ3) is 2.27. The fourth-order valence-corrected chi connectivity index (χ4v) is 2.39. The third-order valence-corrected chi connectivity index (χ3v) is 3.76. The van der Waals surface area contributed by atoms with E-state index in [1.165, 1.54) is 6.33 Å². The number of rotatable bonds is 3. The lowest BCUT2D eigenvalue weighted by Gasteiger charge is -2.26. The Balaban J connectivity index is 1.82. The maximum Gasteiger partial charge on any atom is 0.137 e. The summed E-state index contributed by atoms with van der Waals surface area (Å²) in [6.45, 7) is 2.92. The molecule has 1 aromatic carbocycles. The Morgan fingerprint density at radius 3 is 3.05 bits per heavy atom. The molecular weight excluding hydrogens is 242 g/mol. The summed E-state index contributed by atoms with van der Waals surface area (Å²) in [6.07, 6.45) is 2.01. The number of fused-ring (bicyclic) bond motifs is 1. The van der Waals surface area contributed by atoms with E-state index in [0.29, 0.717) is 19.6 Å². The highest BCUT2D eigenvalue weighted by molar-refractivity contribution is 5.88. The second-order valence-corrected chi connectivity index (χ2v) is 4.96. The first-order chi connectivity index (χ1) is 9.19. The molecule has 1 saturated heterocycles. The zero-order chi connectivity index (χ0) is 13.3. The molecule has 2 atom stereocenters. The summed E-state index contributed by atoms with van der Waals surface area (Å²) >= 11 is 0. The zero-order valence-electron chi connectivity index (χ0n) is 10.8. The Hall–Kier alpha value is -1.72. The number of hydrogen-bond acceptors (Lipinski definition) is 5. The van der Waals surface area contributed by atoms with Gasteiger partial charge in [-0.25, -0.2) is 9.97 Å². The first-order valence-electron chi connectivity index (χ1n) is 6.47. The number of para-hydroxylation sites is 1. The molecule has 0 spiro atoms. The molecule has 1 fully saturated rings. The van der Waals surface area contributed by atoms with E-state index >= 15 is 0 Å². The van der Waals surface area contributed by atoms with Crippen molar-refractivity contribution in [3.8, 4) is 0 Å². The summed E-state index contributed by atoms with van der Waals surface area (Å²) in [6, 6.07) is 7.81. The molecule has 2 unspecified atom stereocenters. The number of anilines is 1. The van der Waals surface area contributed by atoms with Crippen molar-refractivity contribution >= 4 is 16.7 Å². The second kappa shape index (κ2) is 4.75. The van der Waals surface area contributed by atoms with Crippen molar-refractivity contribution in [3.05, 3.63) is 30.6 Å². The molecule has 3 rings (SSSR count). The second-order valence-electron chi connectivity index (χ2n) is 4.96. The number of nitrogens with zero attached hydrogens (tertiary/aromatic N) is 2. The first kappa shape index (κ1) is 12.3. The van der Waals surface area contributed by atoms with Crippen molar-refractivity contribution in [1.29, 1.82) is 0 Å². The predicted molar refractivity (Wildman–Crippen MR) is 73.0 cm³/mol. The van der Waals surface area contributed by atoms with Crippen LogP contribution in [0.5, 0.6) is 0 Å². The van der Waals surface area contributed by atoms with Crippen LogP contribution in [0.1, 0.15) is 13.3 Å². The van der Waals surface area contributed by atoms with Crippen molar-refractivity contribution in [2.24, 2.45) is 0 Å². The zero-order valence-corrected chi connectivity index (χ0v) is 10.8. The standard InChI is InChI=1S/C14H17N3O2/c1-10-14(18,6-7-19-10)8-15-13-11-4-2-3-5-12(11)16-9-17-13/h2-5,9-10,18H,6-8H2,1H3,(H,15,16,17). The van der Waals surface area contributed by atoms with E-state index in [2.05, 4.69) is 15.3 Å². The molecule has 100 valence electrons. The average molecular weight is 259 g/mol. The Morgan fingerprint density at radius 1 is 1.42 bits per heavy atom. The SMILES string of the molecule is CC1OCCC1(O)CNc1ncnc2ccccc12. The van der Waals surface area contributed by atoms with Gasteiger partial charge in [0.1, 0.15) is 17.7 Å². The van der Waals surface area contributed by atoms with Crippen LogP contribution in [-0.2, 0) is 4.74 Å². The van der Waals surface area contributed by atoms with Crippen LogP contribution in [-0.4, -0.2) is 39.9 Å². The van der Waals surface area contributed by atoms with Gasteiger partial charge in [-0.3, -0.25) is 0 Å². The Kier molecular flexibility index (Phi) is 3.08. The maximum absolute atomic E-state index is 10.5. The van der Waals surface area contributed by atoms with Gasteiger partial charge in [0.05, 0.1) is 11.6 Å². The fourth-order valence-electron chi connectivity index (χ4n) is 2.39. The normalized spacial score (nSPS) is 26.7. The molecule has 5 nitrogen and oxygen atoms in total. The van der Waals surface area contributed by atoms with E-state index in [9.17, 15) is 5.11 Å². The molecule has 1 aromatic heterocycles. The van der Waals surface area contributed by atoms with Gasteiger partial charge in [-0.15, -0.1) is 0 Å². The lowest BCUT2D eigenvalue weighted by molar-refractivity contribution is -0.0176. The minimum absolute atomic E-state index is 0.159. The Morgan fingerprint density at radius 2 is 2.26 bits per heavy atom. The van der Waals surface area contributed by atoms with E-state index in [1.54, 1.807) is 0 Å². The van der Waals surface area contributed by atoms with E-state index < -0.39 is 5.60 Å². The largest absolute Gasteiger partial charge is 0.385 e. The summed E-state index contributed by atoms with van der Waals surface area (Å²) in [5.41, 5.74) is 0.0641. The molecule has 2 heterocycles.